The maximum absolute atomic E-state index is 12.2. The van der Waals surface area contributed by atoms with Crippen molar-refractivity contribution in [2.24, 2.45) is 7.05 Å². The molecule has 1 aromatic carbocycles. The summed E-state index contributed by atoms with van der Waals surface area (Å²) in [5.41, 5.74) is 2.36. The second kappa shape index (κ2) is 7.61. The lowest BCUT2D eigenvalue weighted by molar-refractivity contribution is -0.124. The smallest absolute Gasteiger partial charge is 0.355 e. The molecule has 3 rings (SSSR count). The van der Waals surface area contributed by atoms with Crippen molar-refractivity contribution < 1.29 is 19.1 Å². The van der Waals surface area contributed by atoms with Gasteiger partial charge in [0, 0.05) is 18.5 Å². The lowest BCUT2D eigenvalue weighted by Gasteiger charge is -2.08. The standard InChI is InChI=1S/C19H20N2O4S/c1-12-8-15-17(26-12)9-16(21(15)2)19(23)25-11-18(22)20-10-13-4-6-14(24-3)7-5-13/h4-9H,10-11H2,1-3H3,(H,20,22). The highest BCUT2D eigenvalue weighted by atomic mass is 32.1. The third-order valence-electron chi connectivity index (χ3n) is 4.05. The van der Waals surface area contributed by atoms with E-state index in [0.717, 1.165) is 21.5 Å². The first-order chi connectivity index (χ1) is 12.5. The van der Waals surface area contributed by atoms with Crippen molar-refractivity contribution in [3.05, 3.63) is 52.5 Å². The van der Waals surface area contributed by atoms with Crippen LogP contribution in [0.1, 0.15) is 20.9 Å². The predicted octanol–water partition coefficient (Wildman–Crippen LogP) is 3.03. The molecule has 1 amide bonds. The minimum absolute atomic E-state index is 0.313. The molecule has 0 aliphatic rings. The molecule has 3 aromatic rings. The number of benzene rings is 1. The number of thiophene rings is 1. The molecular formula is C19H20N2O4S. The molecule has 0 fully saturated rings. The molecule has 0 spiro atoms. The Bertz CT molecular complexity index is 941. The summed E-state index contributed by atoms with van der Waals surface area (Å²) in [6.07, 6.45) is 0. The highest BCUT2D eigenvalue weighted by Gasteiger charge is 2.17. The number of carbonyl (C=O) groups excluding carboxylic acids is 2. The fourth-order valence-corrected chi connectivity index (χ4v) is 3.62. The first-order valence-corrected chi connectivity index (χ1v) is 8.92. The molecule has 0 saturated carbocycles. The van der Waals surface area contributed by atoms with Crippen LogP contribution in [0.25, 0.3) is 10.2 Å². The van der Waals surface area contributed by atoms with Gasteiger partial charge < -0.3 is 19.4 Å². The third-order valence-corrected chi connectivity index (χ3v) is 5.03. The number of nitrogens with zero attached hydrogens (tertiary/aromatic N) is 1. The predicted molar refractivity (Wildman–Crippen MR) is 101 cm³/mol. The van der Waals surface area contributed by atoms with Crippen LogP contribution < -0.4 is 10.1 Å². The van der Waals surface area contributed by atoms with Gasteiger partial charge in [-0.1, -0.05) is 12.1 Å². The van der Waals surface area contributed by atoms with Crippen LogP contribution in [0.2, 0.25) is 0 Å². The number of fused-ring (bicyclic) bond motifs is 1. The monoisotopic (exact) mass is 372 g/mol. The van der Waals surface area contributed by atoms with Crippen molar-refractivity contribution in [1.29, 1.82) is 0 Å². The minimum Gasteiger partial charge on any atom is -0.497 e. The van der Waals surface area contributed by atoms with Gasteiger partial charge in [0.05, 0.1) is 17.3 Å². The molecule has 1 N–H and O–H groups in total. The van der Waals surface area contributed by atoms with Gasteiger partial charge in [-0.05, 0) is 36.8 Å². The van der Waals surface area contributed by atoms with Crippen molar-refractivity contribution >= 4 is 33.4 Å². The van der Waals surface area contributed by atoms with Crippen molar-refractivity contribution in [2.75, 3.05) is 13.7 Å². The molecule has 0 saturated heterocycles. The Morgan fingerprint density at radius 1 is 1.19 bits per heavy atom. The summed E-state index contributed by atoms with van der Waals surface area (Å²) in [4.78, 5) is 25.3. The summed E-state index contributed by atoms with van der Waals surface area (Å²) in [5, 5.41) is 2.73. The number of ether oxygens (including phenoxy) is 2. The topological polar surface area (TPSA) is 69.6 Å². The zero-order chi connectivity index (χ0) is 18.7. The van der Waals surface area contributed by atoms with Crippen molar-refractivity contribution in [2.45, 2.75) is 13.5 Å². The van der Waals surface area contributed by atoms with E-state index in [4.69, 9.17) is 9.47 Å². The molecule has 2 aromatic heterocycles. The summed E-state index contributed by atoms with van der Waals surface area (Å²) >= 11 is 1.62. The first kappa shape index (κ1) is 18.0. The summed E-state index contributed by atoms with van der Waals surface area (Å²) in [7, 11) is 3.41. The summed E-state index contributed by atoms with van der Waals surface area (Å²) in [6, 6.07) is 11.2. The van der Waals surface area contributed by atoms with Gasteiger partial charge in [-0.3, -0.25) is 4.79 Å². The van der Waals surface area contributed by atoms with Crippen molar-refractivity contribution in [1.82, 2.24) is 9.88 Å². The second-order valence-electron chi connectivity index (χ2n) is 5.90. The third kappa shape index (κ3) is 3.88. The van der Waals surface area contributed by atoms with E-state index in [0.29, 0.717) is 12.2 Å². The van der Waals surface area contributed by atoms with Crippen LogP contribution in [0.5, 0.6) is 5.75 Å². The number of aromatic nitrogens is 1. The molecule has 0 radical (unpaired) electrons. The fourth-order valence-electron chi connectivity index (χ4n) is 2.63. The van der Waals surface area contributed by atoms with Crippen LogP contribution in [0.3, 0.4) is 0 Å². The molecule has 7 heteroatoms. The number of esters is 1. The number of rotatable bonds is 6. The molecule has 2 heterocycles. The van der Waals surface area contributed by atoms with Gasteiger partial charge in [-0.25, -0.2) is 4.79 Å². The molecular weight excluding hydrogens is 352 g/mol. The minimum atomic E-state index is -0.506. The number of amides is 1. The molecule has 0 bridgehead atoms. The number of carbonyl (C=O) groups is 2. The number of aryl methyl sites for hydroxylation is 2. The van der Waals surface area contributed by atoms with E-state index in [9.17, 15) is 9.59 Å². The van der Waals surface area contributed by atoms with E-state index < -0.39 is 5.97 Å². The maximum atomic E-state index is 12.2. The summed E-state index contributed by atoms with van der Waals surface area (Å²) in [6.45, 7) is 2.07. The van der Waals surface area contributed by atoms with E-state index in [-0.39, 0.29) is 12.5 Å². The lowest BCUT2D eigenvalue weighted by atomic mass is 10.2. The van der Waals surface area contributed by atoms with Gasteiger partial charge >= 0.3 is 5.97 Å². The maximum Gasteiger partial charge on any atom is 0.355 e. The van der Waals surface area contributed by atoms with E-state index in [2.05, 4.69) is 5.32 Å². The Labute approximate surface area is 155 Å². The highest BCUT2D eigenvalue weighted by molar-refractivity contribution is 7.19. The van der Waals surface area contributed by atoms with Crippen molar-refractivity contribution in [3.63, 3.8) is 0 Å². The van der Waals surface area contributed by atoms with Crippen LogP contribution in [0, 0.1) is 6.92 Å². The van der Waals surface area contributed by atoms with Gasteiger partial charge in [0.1, 0.15) is 11.4 Å². The van der Waals surface area contributed by atoms with Gasteiger partial charge in [0.2, 0.25) is 0 Å². The van der Waals surface area contributed by atoms with Gasteiger partial charge in [-0.15, -0.1) is 11.3 Å². The molecule has 6 nitrogen and oxygen atoms in total. The number of hydrogen-bond donors (Lipinski definition) is 1. The Kier molecular flexibility index (Phi) is 5.27. The van der Waals surface area contributed by atoms with E-state index in [1.807, 2.05) is 44.3 Å². The SMILES string of the molecule is COc1ccc(CNC(=O)COC(=O)c2cc3sc(C)cc3n2C)cc1. The number of hydrogen-bond acceptors (Lipinski definition) is 5. The Morgan fingerprint density at radius 2 is 1.92 bits per heavy atom. The number of nitrogens with one attached hydrogen (secondary N) is 1. The first-order valence-electron chi connectivity index (χ1n) is 8.10. The van der Waals surface area contributed by atoms with Gasteiger partial charge in [-0.2, -0.15) is 0 Å². The van der Waals surface area contributed by atoms with E-state index in [1.54, 1.807) is 29.1 Å². The molecule has 0 aliphatic heterocycles. The number of methoxy groups -OCH3 is 1. The molecule has 0 atom stereocenters. The van der Waals surface area contributed by atoms with E-state index >= 15 is 0 Å². The van der Waals surface area contributed by atoms with Gasteiger partial charge in [0.25, 0.3) is 5.91 Å². The molecule has 0 aliphatic carbocycles. The average molecular weight is 372 g/mol. The van der Waals surface area contributed by atoms with Crippen LogP contribution in [-0.4, -0.2) is 30.2 Å². The van der Waals surface area contributed by atoms with Crippen LogP contribution in [0.4, 0.5) is 0 Å². The zero-order valence-corrected chi connectivity index (χ0v) is 15.7. The van der Waals surface area contributed by atoms with E-state index in [1.165, 1.54) is 4.88 Å². The molecule has 136 valence electrons. The summed E-state index contributed by atoms with van der Waals surface area (Å²) in [5.74, 6) is -0.0964. The van der Waals surface area contributed by atoms with Gasteiger partial charge in [0.15, 0.2) is 6.61 Å². The van der Waals surface area contributed by atoms with Crippen LogP contribution in [0.15, 0.2) is 36.4 Å². The average Bonchev–Trinajstić information content (AvgIpc) is 3.15. The quantitative estimate of drug-likeness (QED) is 0.675. The Balaban J connectivity index is 1.52. The fraction of sp³-hybridized carbons (Fsp3) is 0.263. The summed E-state index contributed by atoms with van der Waals surface area (Å²) < 4.78 is 13.0. The largest absolute Gasteiger partial charge is 0.497 e. The van der Waals surface area contributed by atoms with Crippen LogP contribution >= 0.6 is 11.3 Å². The molecule has 26 heavy (non-hydrogen) atoms. The second-order valence-corrected chi connectivity index (χ2v) is 7.18. The highest BCUT2D eigenvalue weighted by Crippen LogP contribution is 2.28. The zero-order valence-electron chi connectivity index (χ0n) is 14.9. The lowest BCUT2D eigenvalue weighted by Crippen LogP contribution is -2.28. The molecule has 0 unspecified atom stereocenters. The van der Waals surface area contributed by atoms with Crippen LogP contribution in [-0.2, 0) is 23.1 Å². The Hall–Kier alpha value is -2.80. The van der Waals surface area contributed by atoms with Crippen molar-refractivity contribution in [3.8, 4) is 5.75 Å². The normalized spacial score (nSPS) is 10.7. The Morgan fingerprint density at radius 3 is 2.58 bits per heavy atom.